The van der Waals surface area contributed by atoms with E-state index < -0.39 is 18.1 Å². The van der Waals surface area contributed by atoms with E-state index in [0.29, 0.717) is 12.8 Å². The molecule has 0 aliphatic rings. The molecule has 3 N–H and O–H groups in total. The van der Waals surface area contributed by atoms with Gasteiger partial charge in [0.15, 0.2) is 0 Å². The zero-order valence-electron chi connectivity index (χ0n) is 12.8. The van der Waals surface area contributed by atoms with Gasteiger partial charge in [0, 0.05) is 0 Å². The summed E-state index contributed by atoms with van der Waals surface area (Å²) in [5.74, 6) is -0.0202. The SMILES string of the molecule is COC(=O)[C@H](CCSC)NC(=O)[C@@H](N)Cc1ccccc1.Cl. The fraction of sp³-hybridized carbons (Fsp3) is 0.467. The first-order chi connectivity index (χ1) is 10.1. The summed E-state index contributed by atoms with van der Waals surface area (Å²) < 4.78 is 4.70. The molecule has 22 heavy (non-hydrogen) atoms. The van der Waals surface area contributed by atoms with Crippen molar-refractivity contribution in [2.75, 3.05) is 19.1 Å². The van der Waals surface area contributed by atoms with Gasteiger partial charge >= 0.3 is 5.97 Å². The van der Waals surface area contributed by atoms with Crippen LogP contribution in [0, 0.1) is 0 Å². The number of rotatable bonds is 8. The van der Waals surface area contributed by atoms with Crippen molar-refractivity contribution in [2.45, 2.75) is 24.9 Å². The van der Waals surface area contributed by atoms with Gasteiger partial charge in [-0.15, -0.1) is 12.4 Å². The van der Waals surface area contributed by atoms with Gasteiger partial charge in [0.1, 0.15) is 6.04 Å². The third kappa shape index (κ3) is 7.15. The molecule has 1 aromatic rings. The highest BCUT2D eigenvalue weighted by molar-refractivity contribution is 7.98. The van der Waals surface area contributed by atoms with Crippen LogP contribution in [0.15, 0.2) is 30.3 Å². The number of hydrogen-bond acceptors (Lipinski definition) is 5. The quantitative estimate of drug-likeness (QED) is 0.695. The van der Waals surface area contributed by atoms with E-state index in [1.807, 2.05) is 36.6 Å². The second-order valence-corrected chi connectivity index (χ2v) is 5.65. The fourth-order valence-corrected chi connectivity index (χ4v) is 2.34. The summed E-state index contributed by atoms with van der Waals surface area (Å²) >= 11 is 1.61. The minimum Gasteiger partial charge on any atom is -0.467 e. The van der Waals surface area contributed by atoms with E-state index in [1.165, 1.54) is 7.11 Å². The number of methoxy groups -OCH3 is 1. The molecular weight excluding hydrogens is 324 g/mol. The van der Waals surface area contributed by atoms with Crippen LogP contribution in [-0.4, -0.2) is 43.1 Å². The molecule has 1 aromatic carbocycles. The summed E-state index contributed by atoms with van der Waals surface area (Å²) in [7, 11) is 1.31. The average Bonchev–Trinajstić information content (AvgIpc) is 2.51. The van der Waals surface area contributed by atoms with E-state index in [0.717, 1.165) is 11.3 Å². The van der Waals surface area contributed by atoms with Crippen molar-refractivity contribution >= 4 is 36.0 Å². The molecule has 0 fully saturated rings. The van der Waals surface area contributed by atoms with Crippen LogP contribution in [0.4, 0.5) is 0 Å². The average molecular weight is 347 g/mol. The first-order valence-electron chi connectivity index (χ1n) is 6.75. The number of ether oxygens (including phenoxy) is 1. The fourth-order valence-electron chi connectivity index (χ4n) is 1.87. The number of nitrogens with two attached hydrogens (primary N) is 1. The lowest BCUT2D eigenvalue weighted by Crippen LogP contribution is -2.49. The van der Waals surface area contributed by atoms with Crippen molar-refractivity contribution in [3.05, 3.63) is 35.9 Å². The van der Waals surface area contributed by atoms with Gasteiger partial charge in [0.05, 0.1) is 13.2 Å². The maximum atomic E-state index is 12.1. The zero-order valence-corrected chi connectivity index (χ0v) is 14.4. The Labute approximate surface area is 141 Å². The highest BCUT2D eigenvalue weighted by atomic mass is 35.5. The second kappa shape index (κ2) is 11.3. The number of amides is 1. The molecule has 0 saturated carbocycles. The number of thioether (sulfide) groups is 1. The molecule has 2 atom stereocenters. The monoisotopic (exact) mass is 346 g/mol. The van der Waals surface area contributed by atoms with Crippen LogP contribution < -0.4 is 11.1 Å². The summed E-state index contributed by atoms with van der Waals surface area (Å²) in [4.78, 5) is 23.7. The highest BCUT2D eigenvalue weighted by Gasteiger charge is 2.24. The molecule has 124 valence electrons. The lowest BCUT2D eigenvalue weighted by molar-refractivity contribution is -0.145. The largest absolute Gasteiger partial charge is 0.467 e. The molecule has 0 saturated heterocycles. The molecule has 0 heterocycles. The molecule has 7 heteroatoms. The molecule has 0 unspecified atom stereocenters. The molecule has 0 radical (unpaired) electrons. The van der Waals surface area contributed by atoms with E-state index in [9.17, 15) is 9.59 Å². The Bertz CT molecular complexity index is 459. The zero-order chi connectivity index (χ0) is 15.7. The number of carbonyl (C=O) groups excluding carboxylic acids is 2. The molecular formula is C15H23ClN2O3S. The van der Waals surface area contributed by atoms with Crippen molar-refractivity contribution in [3.8, 4) is 0 Å². The van der Waals surface area contributed by atoms with E-state index in [4.69, 9.17) is 10.5 Å². The van der Waals surface area contributed by atoms with Crippen LogP contribution in [0.1, 0.15) is 12.0 Å². The van der Waals surface area contributed by atoms with Gasteiger partial charge in [-0.2, -0.15) is 11.8 Å². The third-order valence-electron chi connectivity index (χ3n) is 3.05. The molecule has 0 aliphatic carbocycles. The summed E-state index contributed by atoms with van der Waals surface area (Å²) in [5, 5.41) is 2.67. The molecule has 1 amide bonds. The lowest BCUT2D eigenvalue weighted by atomic mass is 10.1. The summed E-state index contributed by atoms with van der Waals surface area (Å²) in [6.45, 7) is 0. The number of halogens is 1. The Balaban J connectivity index is 0.00000441. The van der Waals surface area contributed by atoms with Crippen molar-refractivity contribution in [1.29, 1.82) is 0 Å². The smallest absolute Gasteiger partial charge is 0.328 e. The van der Waals surface area contributed by atoms with Crippen LogP contribution >= 0.6 is 24.2 Å². The Kier molecular flexibility index (Phi) is 10.7. The van der Waals surface area contributed by atoms with Crippen molar-refractivity contribution in [3.63, 3.8) is 0 Å². The van der Waals surface area contributed by atoms with E-state index in [2.05, 4.69) is 5.32 Å². The highest BCUT2D eigenvalue weighted by Crippen LogP contribution is 2.05. The van der Waals surface area contributed by atoms with E-state index >= 15 is 0 Å². The molecule has 0 aliphatic heterocycles. The Morgan fingerprint density at radius 1 is 1.32 bits per heavy atom. The Morgan fingerprint density at radius 2 is 1.95 bits per heavy atom. The van der Waals surface area contributed by atoms with Crippen LogP contribution in [-0.2, 0) is 20.7 Å². The minimum atomic E-state index is -0.686. The van der Waals surface area contributed by atoms with Crippen molar-refractivity contribution < 1.29 is 14.3 Å². The van der Waals surface area contributed by atoms with Gasteiger partial charge in [-0.25, -0.2) is 4.79 Å². The number of esters is 1. The summed E-state index contributed by atoms with van der Waals surface area (Å²) in [6, 6.07) is 8.21. The summed E-state index contributed by atoms with van der Waals surface area (Å²) in [5.41, 5.74) is 6.88. The van der Waals surface area contributed by atoms with Crippen LogP contribution in [0.2, 0.25) is 0 Å². The Hall–Kier alpha value is -1.24. The van der Waals surface area contributed by atoms with Crippen LogP contribution in [0.5, 0.6) is 0 Å². The standard InChI is InChI=1S/C15H22N2O3S.ClH/c1-20-15(19)13(8-9-21-2)17-14(18)12(16)10-11-6-4-3-5-7-11;/h3-7,12-13H,8-10,16H2,1-2H3,(H,17,18);1H/t12-,13-;/m0./s1. The van der Waals surface area contributed by atoms with Crippen molar-refractivity contribution in [2.24, 2.45) is 5.73 Å². The number of nitrogens with one attached hydrogen (secondary N) is 1. The molecule has 0 spiro atoms. The summed E-state index contributed by atoms with van der Waals surface area (Å²) in [6.07, 6.45) is 2.90. The maximum absolute atomic E-state index is 12.1. The van der Waals surface area contributed by atoms with Gasteiger partial charge < -0.3 is 15.8 Å². The van der Waals surface area contributed by atoms with Gasteiger partial charge in [-0.3, -0.25) is 4.79 Å². The molecule has 1 rings (SSSR count). The minimum absolute atomic E-state index is 0. The second-order valence-electron chi connectivity index (χ2n) is 4.66. The van der Waals surface area contributed by atoms with Gasteiger partial charge in [-0.05, 0) is 30.4 Å². The molecule has 0 aromatic heterocycles. The first kappa shape index (κ1) is 20.8. The van der Waals surface area contributed by atoms with E-state index in [-0.39, 0.29) is 18.3 Å². The van der Waals surface area contributed by atoms with Crippen LogP contribution in [0.25, 0.3) is 0 Å². The van der Waals surface area contributed by atoms with Crippen molar-refractivity contribution in [1.82, 2.24) is 5.32 Å². The van der Waals surface area contributed by atoms with Gasteiger partial charge in [0.2, 0.25) is 5.91 Å². The predicted octanol–water partition coefficient (Wildman–Crippen LogP) is 1.39. The number of benzene rings is 1. The van der Waals surface area contributed by atoms with Gasteiger partial charge in [-0.1, -0.05) is 30.3 Å². The lowest BCUT2D eigenvalue weighted by Gasteiger charge is -2.19. The number of carbonyl (C=O) groups is 2. The third-order valence-corrected chi connectivity index (χ3v) is 3.69. The number of hydrogen-bond donors (Lipinski definition) is 2. The molecule has 0 bridgehead atoms. The normalized spacial score (nSPS) is 12.7. The molecule has 5 nitrogen and oxygen atoms in total. The topological polar surface area (TPSA) is 81.4 Å². The predicted molar refractivity (Wildman–Crippen MR) is 92.3 cm³/mol. The first-order valence-corrected chi connectivity index (χ1v) is 8.14. The maximum Gasteiger partial charge on any atom is 0.328 e. The van der Waals surface area contributed by atoms with E-state index in [1.54, 1.807) is 11.8 Å². The van der Waals surface area contributed by atoms with Gasteiger partial charge in [0.25, 0.3) is 0 Å². The van der Waals surface area contributed by atoms with Crippen LogP contribution in [0.3, 0.4) is 0 Å². The Morgan fingerprint density at radius 3 is 2.50 bits per heavy atom.